The van der Waals surface area contributed by atoms with Crippen LogP contribution in [0.4, 0.5) is 0 Å². The number of nitrogens with zero attached hydrogens (tertiary/aromatic N) is 3. The highest BCUT2D eigenvalue weighted by molar-refractivity contribution is 9.10. The van der Waals surface area contributed by atoms with Crippen molar-refractivity contribution >= 4 is 38.7 Å². The molecule has 0 spiro atoms. The minimum atomic E-state index is -1.76. The molecule has 1 aliphatic rings. The standard InChI is InChI=1S/C21H23BrN4O7/c1-9(2)20(30)24-17-12(6-15(21(31)32)33-19(17)18(29)14(28)8-27)26-13(7-23)10-4-3-5-11(22)16(10)25-26/h3-6,9,12,14,17-19,27-29H,8H2,1-2H3,(H,24,30)(H,31,32)/t12-,14+,17+,18+,19+/m0/s1. The van der Waals surface area contributed by atoms with Crippen LogP contribution in [0, 0.1) is 17.2 Å². The van der Waals surface area contributed by atoms with Crippen LogP contribution < -0.4 is 5.32 Å². The number of hydrogen-bond donors (Lipinski definition) is 5. The van der Waals surface area contributed by atoms with Gasteiger partial charge in [0.05, 0.1) is 18.7 Å². The number of fused-ring (bicyclic) bond motifs is 1. The number of rotatable bonds is 7. The molecule has 0 aliphatic carbocycles. The van der Waals surface area contributed by atoms with E-state index < -0.39 is 60.6 Å². The molecule has 1 aliphatic heterocycles. The van der Waals surface area contributed by atoms with Gasteiger partial charge in [0, 0.05) is 15.8 Å². The van der Waals surface area contributed by atoms with Crippen LogP contribution in [0.3, 0.4) is 0 Å². The largest absolute Gasteiger partial charge is 0.478 e. The molecule has 176 valence electrons. The summed E-state index contributed by atoms with van der Waals surface area (Å²) in [6.45, 7) is 2.45. The molecule has 5 atom stereocenters. The molecule has 1 aromatic carbocycles. The average Bonchev–Trinajstić information content (AvgIpc) is 3.17. The maximum atomic E-state index is 12.6. The molecule has 1 amide bonds. The summed E-state index contributed by atoms with van der Waals surface area (Å²) in [5.74, 6) is -2.93. The van der Waals surface area contributed by atoms with Crippen molar-refractivity contribution < 1.29 is 34.8 Å². The molecule has 0 bridgehead atoms. The second kappa shape index (κ2) is 9.88. The van der Waals surface area contributed by atoms with Gasteiger partial charge in [-0.05, 0) is 34.1 Å². The van der Waals surface area contributed by atoms with Crippen molar-refractivity contribution in [2.75, 3.05) is 6.61 Å². The van der Waals surface area contributed by atoms with Crippen LogP contribution in [0.1, 0.15) is 25.6 Å². The first kappa shape index (κ1) is 24.7. The number of amides is 1. The summed E-state index contributed by atoms with van der Waals surface area (Å²) in [4.78, 5) is 24.4. The average molecular weight is 523 g/mol. The van der Waals surface area contributed by atoms with E-state index in [0.29, 0.717) is 15.4 Å². The second-order valence-electron chi connectivity index (χ2n) is 7.88. The Morgan fingerprint density at radius 2 is 2.06 bits per heavy atom. The first-order valence-electron chi connectivity index (χ1n) is 10.1. The number of carboxylic acids is 1. The number of nitrogens with one attached hydrogen (secondary N) is 1. The molecule has 0 saturated heterocycles. The molecule has 5 N–H and O–H groups in total. The smallest absolute Gasteiger partial charge is 0.370 e. The fourth-order valence-corrected chi connectivity index (χ4v) is 4.03. The van der Waals surface area contributed by atoms with Gasteiger partial charge in [-0.25, -0.2) is 9.48 Å². The number of aliphatic hydroxyl groups is 3. The van der Waals surface area contributed by atoms with E-state index in [4.69, 9.17) is 4.74 Å². The first-order valence-corrected chi connectivity index (χ1v) is 10.9. The molecule has 2 heterocycles. The third-order valence-electron chi connectivity index (χ3n) is 5.34. The van der Waals surface area contributed by atoms with Crippen LogP contribution in [0.5, 0.6) is 0 Å². The molecule has 12 heteroatoms. The van der Waals surface area contributed by atoms with Gasteiger partial charge in [-0.1, -0.05) is 19.9 Å². The normalized spacial score (nSPS) is 22.2. The topological polar surface area (TPSA) is 178 Å². The summed E-state index contributed by atoms with van der Waals surface area (Å²) in [6.07, 6.45) is -3.73. The Labute approximate surface area is 197 Å². The number of benzene rings is 1. The summed E-state index contributed by atoms with van der Waals surface area (Å²) < 4.78 is 7.30. The lowest BCUT2D eigenvalue weighted by Crippen LogP contribution is -2.59. The number of aromatic nitrogens is 2. The molecule has 11 nitrogen and oxygen atoms in total. The van der Waals surface area contributed by atoms with Gasteiger partial charge in [0.2, 0.25) is 11.7 Å². The lowest BCUT2D eigenvalue weighted by Gasteiger charge is -2.40. The van der Waals surface area contributed by atoms with E-state index in [1.165, 1.54) is 10.8 Å². The monoisotopic (exact) mass is 522 g/mol. The Balaban J connectivity index is 2.24. The van der Waals surface area contributed by atoms with E-state index in [1.54, 1.807) is 32.0 Å². The Morgan fingerprint density at radius 3 is 2.64 bits per heavy atom. The van der Waals surface area contributed by atoms with Crippen LogP contribution in [-0.2, 0) is 14.3 Å². The van der Waals surface area contributed by atoms with E-state index in [9.17, 15) is 35.3 Å². The number of aliphatic carboxylic acids is 1. The van der Waals surface area contributed by atoms with E-state index >= 15 is 0 Å². The van der Waals surface area contributed by atoms with Gasteiger partial charge in [0.15, 0.2) is 0 Å². The number of ether oxygens (including phenoxy) is 1. The summed E-state index contributed by atoms with van der Waals surface area (Å²) in [7, 11) is 0. The highest BCUT2D eigenvalue weighted by atomic mass is 79.9. The molecule has 3 rings (SSSR count). The molecular formula is C21H23BrN4O7. The fourth-order valence-electron chi connectivity index (χ4n) is 3.58. The third-order valence-corrected chi connectivity index (χ3v) is 5.98. The minimum absolute atomic E-state index is 0.0962. The highest BCUT2D eigenvalue weighted by Gasteiger charge is 2.45. The lowest BCUT2D eigenvalue weighted by molar-refractivity contribution is -0.147. The minimum Gasteiger partial charge on any atom is -0.478 e. The molecular weight excluding hydrogens is 500 g/mol. The van der Waals surface area contributed by atoms with Crippen molar-refractivity contribution in [3.05, 3.63) is 40.2 Å². The molecule has 2 aromatic rings. The van der Waals surface area contributed by atoms with Crippen molar-refractivity contribution in [2.45, 2.75) is 44.2 Å². The maximum Gasteiger partial charge on any atom is 0.370 e. The molecule has 0 fully saturated rings. The van der Waals surface area contributed by atoms with Crippen molar-refractivity contribution in [2.24, 2.45) is 5.92 Å². The molecule has 0 radical (unpaired) electrons. The number of hydrogen-bond acceptors (Lipinski definition) is 8. The predicted molar refractivity (Wildman–Crippen MR) is 118 cm³/mol. The number of aliphatic hydroxyl groups excluding tert-OH is 3. The van der Waals surface area contributed by atoms with Crippen LogP contribution in [0.25, 0.3) is 10.9 Å². The first-order chi connectivity index (χ1) is 15.6. The number of carbonyl (C=O) groups is 2. The second-order valence-corrected chi connectivity index (χ2v) is 8.73. The highest BCUT2D eigenvalue weighted by Crippen LogP contribution is 2.34. The fraction of sp³-hybridized carbons (Fsp3) is 0.429. The zero-order chi connectivity index (χ0) is 24.4. The Kier molecular flexibility index (Phi) is 7.38. The van der Waals surface area contributed by atoms with Crippen LogP contribution in [0.15, 0.2) is 34.5 Å². The van der Waals surface area contributed by atoms with Gasteiger partial charge in [0.1, 0.15) is 35.6 Å². The van der Waals surface area contributed by atoms with Crippen LogP contribution >= 0.6 is 15.9 Å². The van der Waals surface area contributed by atoms with Crippen molar-refractivity contribution in [3.8, 4) is 6.07 Å². The zero-order valence-electron chi connectivity index (χ0n) is 17.7. The number of halogens is 1. The van der Waals surface area contributed by atoms with Crippen molar-refractivity contribution in [1.29, 1.82) is 5.26 Å². The van der Waals surface area contributed by atoms with Gasteiger partial charge >= 0.3 is 5.97 Å². The Hall–Kier alpha value is -2.98. The van der Waals surface area contributed by atoms with Crippen LogP contribution in [-0.4, -0.2) is 73.0 Å². The van der Waals surface area contributed by atoms with Crippen LogP contribution in [0.2, 0.25) is 0 Å². The van der Waals surface area contributed by atoms with Gasteiger partial charge in [0.25, 0.3) is 0 Å². The van der Waals surface area contributed by atoms with Gasteiger partial charge in [-0.2, -0.15) is 10.4 Å². The third kappa shape index (κ3) is 4.72. The summed E-state index contributed by atoms with van der Waals surface area (Å²) >= 11 is 3.38. The quantitative estimate of drug-likeness (QED) is 0.344. The molecule has 33 heavy (non-hydrogen) atoms. The van der Waals surface area contributed by atoms with Crippen molar-refractivity contribution in [3.63, 3.8) is 0 Å². The van der Waals surface area contributed by atoms with Gasteiger partial charge < -0.3 is 30.5 Å². The molecule has 1 aromatic heterocycles. The summed E-state index contributed by atoms with van der Waals surface area (Å²) in [6, 6.07) is 4.96. The van der Waals surface area contributed by atoms with E-state index in [-0.39, 0.29) is 5.69 Å². The van der Waals surface area contributed by atoms with E-state index in [1.807, 2.05) is 0 Å². The molecule has 0 saturated carbocycles. The van der Waals surface area contributed by atoms with E-state index in [2.05, 4.69) is 32.4 Å². The number of carboxylic acid groups (broad SMARTS) is 1. The summed E-state index contributed by atoms with van der Waals surface area (Å²) in [5.41, 5.74) is 0.533. The zero-order valence-corrected chi connectivity index (χ0v) is 19.3. The van der Waals surface area contributed by atoms with Gasteiger partial charge in [-0.15, -0.1) is 0 Å². The Morgan fingerprint density at radius 1 is 1.36 bits per heavy atom. The Bertz CT molecular complexity index is 1140. The maximum absolute atomic E-state index is 12.6. The number of carbonyl (C=O) groups excluding carboxylic acids is 1. The SMILES string of the molecule is CC(C)C(=O)N[C@H]1[C@H]([C@H](O)[C@H](O)CO)OC(C(=O)O)=C[C@@H]1n1nc2c(Br)cccc2c1C#N. The number of nitriles is 1. The lowest BCUT2D eigenvalue weighted by atomic mass is 9.91. The van der Waals surface area contributed by atoms with Crippen molar-refractivity contribution in [1.82, 2.24) is 15.1 Å². The van der Waals surface area contributed by atoms with Gasteiger partial charge in [-0.3, -0.25) is 4.79 Å². The summed E-state index contributed by atoms with van der Waals surface area (Å²) in [5, 5.41) is 57.1. The van der Waals surface area contributed by atoms with E-state index in [0.717, 1.165) is 0 Å². The predicted octanol–water partition coefficient (Wildman–Crippen LogP) is 0.434. The molecule has 0 unspecified atom stereocenters.